The number of carbonyl (C=O) groups is 1. The van der Waals surface area contributed by atoms with Gasteiger partial charge in [-0.2, -0.15) is 10.2 Å². The Bertz CT molecular complexity index is 1150. The van der Waals surface area contributed by atoms with Crippen LogP contribution in [-0.4, -0.2) is 26.5 Å². The van der Waals surface area contributed by atoms with Crippen molar-refractivity contribution in [1.82, 2.24) is 15.2 Å². The SMILES string of the molecule is C/C(=N\NC(=O)c1nn(C(C)C)c(=O)c2ccccc12)c1cc(C)ccc1O. The Labute approximate surface area is 162 Å². The average molecular weight is 378 g/mol. The largest absolute Gasteiger partial charge is 0.507 e. The molecule has 144 valence electrons. The minimum atomic E-state index is -0.530. The molecule has 3 aromatic rings. The lowest BCUT2D eigenvalue weighted by Crippen LogP contribution is -2.30. The zero-order valence-corrected chi connectivity index (χ0v) is 16.2. The van der Waals surface area contributed by atoms with Crippen molar-refractivity contribution in [2.75, 3.05) is 0 Å². The molecule has 2 N–H and O–H groups in total. The lowest BCUT2D eigenvalue weighted by atomic mass is 10.1. The fourth-order valence-corrected chi connectivity index (χ4v) is 2.91. The Balaban J connectivity index is 2.01. The van der Waals surface area contributed by atoms with Crippen LogP contribution in [-0.2, 0) is 0 Å². The van der Waals surface area contributed by atoms with E-state index < -0.39 is 5.91 Å². The molecular formula is C21H22N4O3. The second-order valence-electron chi connectivity index (χ2n) is 6.90. The molecule has 0 bridgehead atoms. The number of aromatic nitrogens is 2. The predicted octanol–water partition coefficient (Wildman–Crippen LogP) is 3.15. The zero-order chi connectivity index (χ0) is 20.4. The van der Waals surface area contributed by atoms with Crippen molar-refractivity contribution in [3.63, 3.8) is 0 Å². The van der Waals surface area contributed by atoms with E-state index in [-0.39, 0.29) is 23.0 Å². The quantitative estimate of drug-likeness (QED) is 0.538. The molecule has 0 spiro atoms. The molecule has 0 unspecified atom stereocenters. The number of rotatable bonds is 4. The molecule has 2 aromatic carbocycles. The molecule has 1 aromatic heterocycles. The fourth-order valence-electron chi connectivity index (χ4n) is 2.91. The van der Waals surface area contributed by atoms with Crippen molar-refractivity contribution in [2.24, 2.45) is 5.10 Å². The Morgan fingerprint density at radius 1 is 1.18 bits per heavy atom. The number of aryl methyl sites for hydroxylation is 1. The van der Waals surface area contributed by atoms with Crippen LogP contribution in [0.3, 0.4) is 0 Å². The van der Waals surface area contributed by atoms with Crippen molar-refractivity contribution in [3.8, 4) is 5.75 Å². The molecule has 0 radical (unpaired) electrons. The zero-order valence-electron chi connectivity index (χ0n) is 16.2. The third kappa shape index (κ3) is 3.64. The molecule has 3 rings (SSSR count). The summed E-state index contributed by atoms with van der Waals surface area (Å²) in [7, 11) is 0. The molecule has 7 nitrogen and oxygen atoms in total. The summed E-state index contributed by atoms with van der Waals surface area (Å²) in [4.78, 5) is 25.4. The molecule has 0 fully saturated rings. The smallest absolute Gasteiger partial charge is 0.292 e. The number of benzene rings is 2. The van der Waals surface area contributed by atoms with Crippen LogP contribution >= 0.6 is 0 Å². The number of nitrogens with zero attached hydrogens (tertiary/aromatic N) is 3. The van der Waals surface area contributed by atoms with E-state index in [1.807, 2.05) is 20.8 Å². The first-order chi connectivity index (χ1) is 13.3. The summed E-state index contributed by atoms with van der Waals surface area (Å²) in [6.45, 7) is 7.25. The van der Waals surface area contributed by atoms with Gasteiger partial charge >= 0.3 is 0 Å². The van der Waals surface area contributed by atoms with Gasteiger partial charge in [-0.3, -0.25) is 9.59 Å². The highest BCUT2D eigenvalue weighted by atomic mass is 16.3. The van der Waals surface area contributed by atoms with E-state index in [1.165, 1.54) is 4.68 Å². The second-order valence-corrected chi connectivity index (χ2v) is 6.90. The van der Waals surface area contributed by atoms with Gasteiger partial charge in [0.25, 0.3) is 11.5 Å². The van der Waals surface area contributed by atoms with Crippen LogP contribution in [0, 0.1) is 6.92 Å². The van der Waals surface area contributed by atoms with E-state index in [4.69, 9.17) is 0 Å². The van der Waals surface area contributed by atoms with E-state index in [1.54, 1.807) is 49.4 Å². The summed E-state index contributed by atoms with van der Waals surface area (Å²) in [5.41, 5.74) is 4.31. The van der Waals surface area contributed by atoms with Crippen LogP contribution in [0.1, 0.15) is 48.4 Å². The fraction of sp³-hybridized carbons (Fsp3) is 0.238. The Hall–Kier alpha value is -3.48. The van der Waals surface area contributed by atoms with Gasteiger partial charge in [-0.15, -0.1) is 0 Å². The number of hydrazone groups is 1. The first-order valence-electron chi connectivity index (χ1n) is 8.95. The Morgan fingerprint density at radius 2 is 1.86 bits per heavy atom. The van der Waals surface area contributed by atoms with Gasteiger partial charge < -0.3 is 5.11 Å². The minimum absolute atomic E-state index is 0.0815. The number of hydrogen-bond donors (Lipinski definition) is 2. The van der Waals surface area contributed by atoms with Gasteiger partial charge in [-0.25, -0.2) is 10.1 Å². The summed E-state index contributed by atoms with van der Waals surface area (Å²) in [6.07, 6.45) is 0. The van der Waals surface area contributed by atoms with Gasteiger partial charge in [0, 0.05) is 10.9 Å². The first kappa shape index (κ1) is 19.3. The summed E-state index contributed by atoms with van der Waals surface area (Å²) < 4.78 is 1.29. The molecule has 0 aliphatic heterocycles. The van der Waals surface area contributed by atoms with Crippen LogP contribution < -0.4 is 11.0 Å². The topological polar surface area (TPSA) is 96.6 Å². The van der Waals surface area contributed by atoms with Gasteiger partial charge in [0.05, 0.1) is 17.1 Å². The highest BCUT2D eigenvalue weighted by molar-refractivity contribution is 6.06. The van der Waals surface area contributed by atoms with Crippen LogP contribution in [0.25, 0.3) is 10.8 Å². The number of phenols is 1. The number of hydrogen-bond acceptors (Lipinski definition) is 5. The van der Waals surface area contributed by atoms with Crippen molar-refractivity contribution in [2.45, 2.75) is 33.7 Å². The van der Waals surface area contributed by atoms with E-state index in [9.17, 15) is 14.7 Å². The molecule has 28 heavy (non-hydrogen) atoms. The molecule has 0 aliphatic carbocycles. The first-order valence-corrected chi connectivity index (χ1v) is 8.95. The lowest BCUT2D eigenvalue weighted by molar-refractivity contribution is 0.0949. The third-order valence-electron chi connectivity index (χ3n) is 4.40. The van der Waals surface area contributed by atoms with Crippen LogP contribution in [0.5, 0.6) is 5.75 Å². The van der Waals surface area contributed by atoms with Gasteiger partial charge in [0.1, 0.15) is 5.75 Å². The maximum Gasteiger partial charge on any atom is 0.292 e. The van der Waals surface area contributed by atoms with E-state index in [0.29, 0.717) is 22.0 Å². The third-order valence-corrected chi connectivity index (χ3v) is 4.40. The number of amides is 1. The van der Waals surface area contributed by atoms with Crippen molar-refractivity contribution in [3.05, 3.63) is 69.6 Å². The predicted molar refractivity (Wildman–Crippen MR) is 109 cm³/mol. The molecular weight excluding hydrogens is 356 g/mol. The van der Waals surface area contributed by atoms with E-state index in [0.717, 1.165) is 5.56 Å². The van der Waals surface area contributed by atoms with Crippen LogP contribution in [0.2, 0.25) is 0 Å². The van der Waals surface area contributed by atoms with Crippen molar-refractivity contribution in [1.29, 1.82) is 0 Å². The highest BCUT2D eigenvalue weighted by Crippen LogP contribution is 2.19. The molecule has 0 aliphatic rings. The standard InChI is InChI=1S/C21H22N4O3/c1-12(2)25-21(28)16-8-6-5-7-15(16)19(24-25)20(27)23-22-14(4)17-11-13(3)9-10-18(17)26/h5-12,26H,1-4H3,(H,23,27)/b22-14+. The molecule has 1 amide bonds. The number of phenolic OH excluding ortho intramolecular Hbond substituents is 1. The maximum absolute atomic E-state index is 12.8. The average Bonchev–Trinajstić information content (AvgIpc) is 2.68. The van der Waals surface area contributed by atoms with Gasteiger partial charge in [-0.1, -0.05) is 29.8 Å². The Morgan fingerprint density at radius 3 is 2.54 bits per heavy atom. The monoisotopic (exact) mass is 378 g/mol. The Kier molecular flexibility index (Phi) is 5.26. The number of carbonyl (C=O) groups excluding carboxylic acids is 1. The summed E-state index contributed by atoms with van der Waals surface area (Å²) in [5, 5.41) is 19.3. The number of nitrogens with one attached hydrogen (secondary N) is 1. The van der Waals surface area contributed by atoms with E-state index >= 15 is 0 Å². The second kappa shape index (κ2) is 7.64. The molecule has 1 heterocycles. The molecule has 7 heteroatoms. The molecule has 0 saturated carbocycles. The van der Waals surface area contributed by atoms with Crippen molar-refractivity contribution >= 4 is 22.4 Å². The van der Waals surface area contributed by atoms with Gasteiger partial charge in [0.15, 0.2) is 5.69 Å². The summed E-state index contributed by atoms with van der Waals surface area (Å²) in [6, 6.07) is 11.8. The summed E-state index contributed by atoms with van der Waals surface area (Å²) in [5.74, 6) is -0.449. The number of aromatic hydroxyl groups is 1. The maximum atomic E-state index is 12.8. The molecule has 0 saturated heterocycles. The van der Waals surface area contributed by atoms with Gasteiger partial charge in [-0.05, 0) is 45.9 Å². The lowest BCUT2D eigenvalue weighted by Gasteiger charge is -2.12. The highest BCUT2D eigenvalue weighted by Gasteiger charge is 2.17. The van der Waals surface area contributed by atoms with Crippen molar-refractivity contribution < 1.29 is 9.90 Å². The minimum Gasteiger partial charge on any atom is -0.507 e. The van der Waals surface area contributed by atoms with E-state index in [2.05, 4.69) is 15.6 Å². The normalized spacial score (nSPS) is 11.8. The van der Waals surface area contributed by atoms with Crippen LogP contribution in [0.15, 0.2) is 52.4 Å². The van der Waals surface area contributed by atoms with Crippen LogP contribution in [0.4, 0.5) is 0 Å². The summed E-state index contributed by atoms with van der Waals surface area (Å²) >= 11 is 0. The molecule has 0 atom stereocenters. The number of fused-ring (bicyclic) bond motifs is 1. The van der Waals surface area contributed by atoms with Gasteiger partial charge in [0.2, 0.25) is 0 Å².